The van der Waals surface area contributed by atoms with Gasteiger partial charge in [0.25, 0.3) is 10.0 Å². The van der Waals surface area contributed by atoms with Crippen molar-refractivity contribution >= 4 is 21.9 Å². The molecule has 0 amide bonds. The molecule has 0 N–H and O–H groups in total. The number of benzene rings is 1. The normalized spacial score (nSPS) is 20.2. The van der Waals surface area contributed by atoms with Gasteiger partial charge in [0.2, 0.25) is 5.03 Å². The molecule has 230 valence electrons. The van der Waals surface area contributed by atoms with Crippen molar-refractivity contribution in [2.24, 2.45) is 5.41 Å². The van der Waals surface area contributed by atoms with E-state index in [9.17, 15) is 30.8 Å². The predicted octanol–water partition coefficient (Wildman–Crippen LogP) is 4.72. The third kappa shape index (κ3) is 5.03. The lowest BCUT2D eigenvalue weighted by atomic mass is 9.60. The molecule has 2 atom stereocenters. The smallest absolute Gasteiger partial charge is 0.291 e. The molecule has 1 saturated carbocycles. The number of halogens is 4. The van der Waals surface area contributed by atoms with Crippen LogP contribution in [-0.4, -0.2) is 61.4 Å². The van der Waals surface area contributed by atoms with Gasteiger partial charge >= 0.3 is 6.18 Å². The summed E-state index contributed by atoms with van der Waals surface area (Å²) in [5.41, 5.74) is -0.444. The van der Waals surface area contributed by atoms with Crippen LogP contribution < -0.4 is 0 Å². The Morgan fingerprint density at radius 1 is 1.11 bits per heavy atom. The molecular formula is C29H27F4N7O3S. The number of sulfonamides is 1. The van der Waals surface area contributed by atoms with Gasteiger partial charge in [-0.05, 0) is 80.6 Å². The molecule has 1 aromatic carbocycles. The van der Waals surface area contributed by atoms with E-state index in [2.05, 4.69) is 20.3 Å². The van der Waals surface area contributed by atoms with Crippen molar-refractivity contribution in [1.82, 2.24) is 34.1 Å². The summed E-state index contributed by atoms with van der Waals surface area (Å²) >= 11 is 0. The van der Waals surface area contributed by atoms with Gasteiger partial charge in [-0.25, -0.2) is 22.5 Å². The minimum absolute atomic E-state index is 0.00555. The Hall–Kier alpha value is -4.24. The number of ketones is 1. The maximum absolute atomic E-state index is 14.4. The number of hydrogen-bond donors (Lipinski definition) is 0. The quantitative estimate of drug-likeness (QED) is 0.215. The first kappa shape index (κ1) is 29.8. The standard InChI is InChI=1S/C29H27F4N7O3S/c1-3-39-34-17-26(37-39)44(42,43)38(2)22-10-7-19-13-24-18(16-35-40(24)21-11-8-20(30)9-12-21)14-28(19,15-22)27(41)23-5-4-6-25(36-23)29(31,32)33/h4-6,8-9,11-13,16-17,22H,3,7,10,14-15H2,1-2H3/t22-,28-/m0/s1. The molecule has 0 spiro atoms. The molecule has 1 fully saturated rings. The predicted molar refractivity (Wildman–Crippen MR) is 149 cm³/mol. The summed E-state index contributed by atoms with van der Waals surface area (Å²) in [5, 5.41) is 12.2. The van der Waals surface area contributed by atoms with E-state index in [4.69, 9.17) is 0 Å². The Morgan fingerprint density at radius 3 is 2.55 bits per heavy atom. The highest BCUT2D eigenvalue weighted by Gasteiger charge is 2.51. The van der Waals surface area contributed by atoms with Gasteiger partial charge in [-0.1, -0.05) is 11.6 Å². The number of carbonyl (C=O) groups is 1. The number of aromatic nitrogens is 6. The van der Waals surface area contributed by atoms with Gasteiger partial charge in [0, 0.05) is 13.1 Å². The molecule has 3 aromatic heterocycles. The van der Waals surface area contributed by atoms with Crippen molar-refractivity contribution in [1.29, 1.82) is 0 Å². The molecule has 4 aromatic rings. The van der Waals surface area contributed by atoms with Gasteiger partial charge < -0.3 is 0 Å². The van der Waals surface area contributed by atoms with E-state index in [-0.39, 0.29) is 30.0 Å². The van der Waals surface area contributed by atoms with Gasteiger partial charge in [0.1, 0.15) is 17.2 Å². The van der Waals surface area contributed by atoms with Crippen LogP contribution in [0.3, 0.4) is 0 Å². The number of nitrogens with zero attached hydrogens (tertiary/aromatic N) is 7. The second-order valence-corrected chi connectivity index (χ2v) is 12.8. The average molecular weight is 630 g/mol. The van der Waals surface area contributed by atoms with Crippen LogP contribution in [0.4, 0.5) is 17.6 Å². The van der Waals surface area contributed by atoms with Crippen LogP contribution in [0.5, 0.6) is 0 Å². The van der Waals surface area contributed by atoms with Crippen LogP contribution in [-0.2, 0) is 29.2 Å². The molecular weight excluding hydrogens is 602 g/mol. The van der Waals surface area contributed by atoms with E-state index >= 15 is 0 Å². The highest BCUT2D eigenvalue weighted by Crippen LogP contribution is 2.51. The molecule has 10 nitrogen and oxygen atoms in total. The van der Waals surface area contributed by atoms with E-state index in [1.165, 1.54) is 34.3 Å². The number of pyridine rings is 1. The van der Waals surface area contributed by atoms with Crippen molar-refractivity contribution < 1.29 is 30.8 Å². The Bertz CT molecular complexity index is 1880. The van der Waals surface area contributed by atoms with Crippen molar-refractivity contribution in [2.75, 3.05) is 7.05 Å². The first-order valence-electron chi connectivity index (χ1n) is 13.8. The number of aryl methyl sites for hydroxylation is 1. The summed E-state index contributed by atoms with van der Waals surface area (Å²) < 4.78 is 84.2. The maximum atomic E-state index is 14.4. The van der Waals surface area contributed by atoms with Crippen LogP contribution in [0.15, 0.2) is 65.5 Å². The van der Waals surface area contributed by atoms with Gasteiger partial charge in [0.05, 0.1) is 35.7 Å². The van der Waals surface area contributed by atoms with Crippen LogP contribution in [0, 0.1) is 11.2 Å². The summed E-state index contributed by atoms with van der Waals surface area (Å²) in [5.74, 6) is -1.05. The summed E-state index contributed by atoms with van der Waals surface area (Å²) in [6, 6.07) is 8.21. The number of hydrogen-bond acceptors (Lipinski definition) is 7. The highest BCUT2D eigenvalue weighted by atomic mass is 32.2. The molecule has 0 aliphatic heterocycles. The zero-order chi connectivity index (χ0) is 31.4. The third-order valence-corrected chi connectivity index (χ3v) is 10.1. The average Bonchev–Trinajstić information content (AvgIpc) is 3.66. The third-order valence-electron chi connectivity index (χ3n) is 8.37. The number of carbonyl (C=O) groups excluding carboxylic acids is 1. The Morgan fingerprint density at radius 2 is 1.86 bits per heavy atom. The van der Waals surface area contributed by atoms with Crippen LogP contribution in [0.1, 0.15) is 53.6 Å². The van der Waals surface area contributed by atoms with Crippen molar-refractivity contribution in [2.45, 2.75) is 56.4 Å². The lowest BCUT2D eigenvalue weighted by Gasteiger charge is -2.45. The maximum Gasteiger partial charge on any atom is 0.433 e. The molecule has 0 bridgehead atoms. The van der Waals surface area contributed by atoms with Gasteiger partial charge in [-0.2, -0.15) is 32.5 Å². The van der Waals surface area contributed by atoms with Crippen LogP contribution in [0.2, 0.25) is 0 Å². The number of Topliss-reactive ketones (excluding diaryl/α,β-unsaturated/α-hetero) is 1. The Labute approximate surface area is 250 Å². The first-order valence-corrected chi connectivity index (χ1v) is 15.3. The summed E-state index contributed by atoms with van der Waals surface area (Å²) in [6.07, 6.45) is 0.429. The van der Waals surface area contributed by atoms with E-state index < -0.39 is 45.0 Å². The first-order chi connectivity index (χ1) is 20.8. The van der Waals surface area contributed by atoms with Gasteiger partial charge in [-0.3, -0.25) is 4.79 Å². The number of rotatable bonds is 7. The molecule has 0 saturated heterocycles. The summed E-state index contributed by atoms with van der Waals surface area (Å²) in [7, 11) is -2.70. The zero-order valence-corrected chi connectivity index (χ0v) is 24.5. The van der Waals surface area contributed by atoms with Crippen LogP contribution in [0.25, 0.3) is 11.8 Å². The summed E-state index contributed by atoms with van der Waals surface area (Å²) in [4.78, 5) is 19.3. The van der Waals surface area contributed by atoms with Gasteiger partial charge in [-0.15, -0.1) is 5.10 Å². The molecule has 3 heterocycles. The number of alkyl halides is 3. The number of fused-ring (bicyclic) bond motifs is 2. The second-order valence-electron chi connectivity index (χ2n) is 10.9. The van der Waals surface area contributed by atoms with Crippen LogP contribution >= 0.6 is 0 Å². The van der Waals surface area contributed by atoms with E-state index in [1.54, 1.807) is 36.0 Å². The minimum Gasteiger partial charge on any atom is -0.291 e. The fraction of sp³-hybridized carbons (Fsp3) is 0.345. The molecule has 0 radical (unpaired) electrons. The van der Waals surface area contributed by atoms with Gasteiger partial charge in [0.15, 0.2) is 5.78 Å². The topological polar surface area (TPSA) is 116 Å². The zero-order valence-electron chi connectivity index (χ0n) is 23.7. The SMILES string of the molecule is CCn1ncc(S(=O)(=O)N(C)[C@H]2CCC3=Cc4c(cnn4-c4ccc(F)cc4)C[C@]3(C(=O)c3cccc(C(F)(F)F)n3)C2)n1. The molecule has 15 heteroatoms. The van der Waals surface area contributed by atoms with E-state index in [0.29, 0.717) is 35.5 Å². The van der Waals surface area contributed by atoms with Crippen molar-refractivity contribution in [3.63, 3.8) is 0 Å². The molecule has 2 aliphatic carbocycles. The largest absolute Gasteiger partial charge is 0.433 e. The molecule has 2 aliphatic rings. The molecule has 6 rings (SSSR count). The van der Waals surface area contributed by atoms with Crippen molar-refractivity contribution in [3.8, 4) is 5.69 Å². The Kier molecular flexibility index (Phi) is 7.27. The lowest BCUT2D eigenvalue weighted by molar-refractivity contribution is -0.141. The summed E-state index contributed by atoms with van der Waals surface area (Å²) in [6.45, 7) is 2.13. The fourth-order valence-corrected chi connectivity index (χ4v) is 7.29. The van der Waals surface area contributed by atoms with E-state index in [1.807, 2.05) is 0 Å². The molecule has 44 heavy (non-hydrogen) atoms. The molecule has 0 unspecified atom stereocenters. The van der Waals surface area contributed by atoms with E-state index in [0.717, 1.165) is 18.3 Å². The second kappa shape index (κ2) is 10.7. The fourth-order valence-electron chi connectivity index (χ4n) is 6.04. The lowest BCUT2D eigenvalue weighted by Crippen LogP contribution is -2.49. The highest BCUT2D eigenvalue weighted by molar-refractivity contribution is 7.89. The Balaban J connectivity index is 1.43. The van der Waals surface area contributed by atoms with Crippen molar-refractivity contribution in [3.05, 3.63) is 88.9 Å². The number of allylic oxidation sites excluding steroid dienone is 1. The monoisotopic (exact) mass is 629 g/mol. The minimum atomic E-state index is -4.76.